The molecule has 21 nitrogen and oxygen atoms in total. The lowest BCUT2D eigenvalue weighted by Crippen LogP contribution is -2.52. The minimum Gasteiger partial charge on any atom is -0.465 e. The van der Waals surface area contributed by atoms with Gasteiger partial charge in [0.2, 0.25) is 23.7 Å². The summed E-state index contributed by atoms with van der Waals surface area (Å²) in [5, 5.41) is 28.7. The largest absolute Gasteiger partial charge is 0.465 e. The minimum atomic E-state index is -1.14. The van der Waals surface area contributed by atoms with Crippen LogP contribution in [0, 0.1) is 5.92 Å². The molecule has 2 aliphatic heterocycles. The van der Waals surface area contributed by atoms with Crippen molar-refractivity contribution < 1.29 is 48.1 Å². The van der Waals surface area contributed by atoms with Crippen LogP contribution in [0.5, 0.6) is 0 Å². The number of aryl methyl sites for hydroxylation is 1. The molecule has 7 rings (SSSR count). The van der Waals surface area contributed by atoms with E-state index in [-0.39, 0.29) is 82.3 Å². The zero-order valence-corrected chi connectivity index (χ0v) is 37.8. The summed E-state index contributed by atoms with van der Waals surface area (Å²) in [5.74, 6) is -0.300. The molecular formula is C42H56ClN11O10S. The fourth-order valence-electron chi connectivity index (χ4n) is 8.16. The predicted molar refractivity (Wildman–Crippen MR) is 236 cm³/mol. The summed E-state index contributed by atoms with van der Waals surface area (Å²) in [6, 6.07) is 0.550. The molecule has 1 atom stereocenters. The summed E-state index contributed by atoms with van der Waals surface area (Å²) in [7, 11) is 1.93. The normalized spacial score (nSPS) is 19.4. The van der Waals surface area contributed by atoms with Crippen molar-refractivity contribution in [1.29, 1.82) is 0 Å². The predicted octanol–water partition coefficient (Wildman–Crippen LogP) is 2.67. The Balaban J connectivity index is 0.682. The third-order valence-corrected chi connectivity index (χ3v) is 13.2. The molecule has 352 valence electrons. The van der Waals surface area contributed by atoms with Crippen LogP contribution in [0.15, 0.2) is 18.5 Å². The van der Waals surface area contributed by atoms with E-state index >= 15 is 0 Å². The SMILES string of the molecule is Cn1ncc(-c2nc(N[C@H]3CC[C@H](N(CC(=O)NCCOCCOCCOCCNC(=O)NCc4cc5c(s4)C(=O)N(C4CCC(=O)NC4=O)C5)C(=O)O)CC3)ncc2Cl)c1CC1CC1. The van der Waals surface area contributed by atoms with Crippen LogP contribution in [-0.4, -0.2) is 148 Å². The van der Waals surface area contributed by atoms with Crippen LogP contribution in [0.4, 0.5) is 15.5 Å². The second-order valence-electron chi connectivity index (χ2n) is 16.5. The van der Waals surface area contributed by atoms with Gasteiger partial charge in [0.15, 0.2) is 0 Å². The molecule has 1 saturated heterocycles. The number of anilines is 1. The molecule has 0 spiro atoms. The van der Waals surface area contributed by atoms with Crippen LogP contribution in [0.1, 0.15) is 77.2 Å². The van der Waals surface area contributed by atoms with E-state index in [1.165, 1.54) is 34.0 Å². The van der Waals surface area contributed by atoms with Crippen LogP contribution in [0.25, 0.3) is 11.3 Å². The number of nitrogens with zero attached hydrogens (tertiary/aromatic N) is 6. The lowest BCUT2D eigenvalue weighted by atomic mass is 9.90. The molecule has 5 heterocycles. The maximum Gasteiger partial charge on any atom is 0.408 e. The molecule has 6 N–H and O–H groups in total. The van der Waals surface area contributed by atoms with Crippen LogP contribution >= 0.6 is 22.9 Å². The van der Waals surface area contributed by atoms with Gasteiger partial charge in [0.05, 0.1) is 74.2 Å². The smallest absolute Gasteiger partial charge is 0.408 e. The van der Waals surface area contributed by atoms with Crippen molar-refractivity contribution in [2.45, 2.75) is 89.0 Å². The van der Waals surface area contributed by atoms with Gasteiger partial charge in [-0.05, 0) is 68.9 Å². The molecule has 3 fully saturated rings. The van der Waals surface area contributed by atoms with E-state index in [2.05, 4.69) is 36.7 Å². The quantitative estimate of drug-likeness (QED) is 0.0591. The van der Waals surface area contributed by atoms with Crippen molar-refractivity contribution >= 4 is 64.6 Å². The summed E-state index contributed by atoms with van der Waals surface area (Å²) < 4.78 is 18.4. The number of urea groups is 1. The number of imide groups is 1. The average molecular weight is 942 g/mol. The maximum absolute atomic E-state index is 12.9. The number of thiophene rings is 1. The van der Waals surface area contributed by atoms with Crippen molar-refractivity contribution in [3.8, 4) is 11.3 Å². The van der Waals surface area contributed by atoms with Gasteiger partial charge in [-0.15, -0.1) is 11.3 Å². The van der Waals surface area contributed by atoms with Gasteiger partial charge in [-0.25, -0.2) is 19.6 Å². The minimum absolute atomic E-state index is 0.0363. The van der Waals surface area contributed by atoms with Gasteiger partial charge in [0.25, 0.3) is 5.91 Å². The number of amides is 7. The van der Waals surface area contributed by atoms with E-state index in [1.807, 2.05) is 17.8 Å². The third-order valence-electron chi connectivity index (χ3n) is 11.8. The average Bonchev–Trinajstić information content (AvgIpc) is 3.80. The number of carbonyl (C=O) groups excluding carboxylic acids is 5. The fraction of sp³-hybridized carbons (Fsp3) is 0.595. The fourth-order valence-corrected chi connectivity index (χ4v) is 9.42. The highest BCUT2D eigenvalue weighted by molar-refractivity contribution is 7.14. The summed E-state index contributed by atoms with van der Waals surface area (Å²) >= 11 is 7.82. The number of halogens is 1. The van der Waals surface area contributed by atoms with Crippen LogP contribution in [0.3, 0.4) is 0 Å². The zero-order valence-electron chi connectivity index (χ0n) is 36.3. The van der Waals surface area contributed by atoms with Crippen molar-refractivity contribution in [3.63, 3.8) is 0 Å². The topological polar surface area (TPSA) is 261 Å². The summed E-state index contributed by atoms with van der Waals surface area (Å²) in [5.41, 5.74) is 3.45. The Morgan fingerprint density at radius 2 is 1.65 bits per heavy atom. The molecule has 7 amide bonds. The van der Waals surface area contributed by atoms with Crippen molar-refractivity contribution in [2.24, 2.45) is 13.0 Å². The van der Waals surface area contributed by atoms with E-state index in [1.54, 1.807) is 12.4 Å². The number of carbonyl (C=O) groups is 6. The number of fused-ring (bicyclic) bond motifs is 1. The molecule has 3 aromatic heterocycles. The van der Waals surface area contributed by atoms with Crippen LogP contribution in [0.2, 0.25) is 5.02 Å². The molecule has 65 heavy (non-hydrogen) atoms. The summed E-state index contributed by atoms with van der Waals surface area (Å²) in [6.45, 7) is 2.50. The Bertz CT molecular complexity index is 2190. The van der Waals surface area contributed by atoms with Crippen molar-refractivity contribution in [3.05, 3.63) is 44.5 Å². The standard InChI is InChI=1S/C42H56ClN11O10S/c1-52-33(18-25-2-3-25)30(21-48-52)36-31(43)22-46-40(51-36)49-27-4-6-28(7-5-27)53(42(60)61)24-35(56)44-10-12-62-14-16-64-17-15-63-13-11-45-41(59)47-20-29-19-26-23-54(39(58)37(26)65-29)32-8-9-34(55)50-38(32)57/h19,21-22,25,27-28,32H,2-18,20,23-24H2,1H3,(H,44,56)(H,60,61)(H2,45,47,59)(H,46,49,51)(H,50,55,57)/t27-,28-,32?. The van der Waals surface area contributed by atoms with E-state index in [0.29, 0.717) is 86.0 Å². The number of rotatable bonds is 23. The Morgan fingerprint density at radius 1 is 0.938 bits per heavy atom. The van der Waals surface area contributed by atoms with Gasteiger partial charge in [-0.2, -0.15) is 5.10 Å². The Kier molecular flexibility index (Phi) is 16.6. The molecule has 0 radical (unpaired) electrons. The van der Waals surface area contributed by atoms with Gasteiger partial charge in [0, 0.05) is 61.3 Å². The summed E-state index contributed by atoms with van der Waals surface area (Å²) in [6.07, 6.45) is 8.64. The number of ether oxygens (including phenoxy) is 3. The van der Waals surface area contributed by atoms with E-state index < -0.39 is 23.9 Å². The molecule has 0 aromatic carbocycles. The second kappa shape index (κ2) is 22.7. The molecule has 1 unspecified atom stereocenters. The molecular weight excluding hydrogens is 886 g/mol. The Labute approximate surface area is 384 Å². The first-order valence-corrected chi connectivity index (χ1v) is 23.2. The molecule has 0 bridgehead atoms. The first kappa shape index (κ1) is 47.5. The third kappa shape index (κ3) is 13.1. The van der Waals surface area contributed by atoms with Gasteiger partial charge < -0.3 is 45.5 Å². The van der Waals surface area contributed by atoms with Crippen LogP contribution in [-0.2, 0) is 55.2 Å². The van der Waals surface area contributed by atoms with Gasteiger partial charge in [-0.1, -0.05) is 11.6 Å². The van der Waals surface area contributed by atoms with E-state index in [0.717, 1.165) is 28.1 Å². The molecule has 2 aliphatic carbocycles. The van der Waals surface area contributed by atoms with Gasteiger partial charge in [-0.3, -0.25) is 34.1 Å². The van der Waals surface area contributed by atoms with E-state index in [9.17, 15) is 33.9 Å². The maximum atomic E-state index is 12.9. The van der Waals surface area contributed by atoms with Gasteiger partial charge >= 0.3 is 12.1 Å². The second-order valence-corrected chi connectivity index (χ2v) is 18.0. The number of nitrogens with one attached hydrogen (secondary N) is 5. The summed E-state index contributed by atoms with van der Waals surface area (Å²) in [4.78, 5) is 86.9. The first-order chi connectivity index (χ1) is 31.4. The molecule has 2 saturated carbocycles. The molecule has 4 aliphatic rings. The number of aromatic nitrogens is 4. The number of piperidine rings is 1. The Morgan fingerprint density at radius 3 is 2.32 bits per heavy atom. The highest BCUT2D eigenvalue weighted by Crippen LogP contribution is 2.37. The van der Waals surface area contributed by atoms with Gasteiger partial charge in [0.1, 0.15) is 12.6 Å². The highest BCUT2D eigenvalue weighted by Gasteiger charge is 2.40. The van der Waals surface area contributed by atoms with Crippen LogP contribution < -0.4 is 26.6 Å². The van der Waals surface area contributed by atoms with E-state index in [4.69, 9.17) is 30.8 Å². The highest BCUT2D eigenvalue weighted by atomic mass is 35.5. The van der Waals surface area contributed by atoms with Crippen molar-refractivity contribution in [1.82, 2.24) is 50.8 Å². The lowest BCUT2D eigenvalue weighted by molar-refractivity contribution is -0.137. The first-order valence-electron chi connectivity index (χ1n) is 22.0. The molecule has 3 aromatic rings. The number of hydrogen-bond donors (Lipinski definition) is 6. The van der Waals surface area contributed by atoms with Crippen molar-refractivity contribution in [2.75, 3.05) is 64.6 Å². The zero-order chi connectivity index (χ0) is 45.9. The Hall–Kier alpha value is -5.42. The number of hydrogen-bond acceptors (Lipinski definition) is 14. The lowest BCUT2D eigenvalue weighted by Gasteiger charge is -2.35. The monoisotopic (exact) mass is 941 g/mol. The number of carboxylic acid groups (broad SMARTS) is 1. The molecule has 23 heteroatoms.